The number of alkyl halides is 3. The number of hydrogen-bond donors (Lipinski definition) is 1. The molecule has 2 rings (SSSR count). The smallest absolute Gasteiger partial charge is 0.326 e. The molecule has 0 radical (unpaired) electrons. The minimum atomic E-state index is -4.61. The van der Waals surface area contributed by atoms with E-state index < -0.39 is 17.3 Å². The first-order valence-corrected chi connectivity index (χ1v) is 6.34. The van der Waals surface area contributed by atoms with E-state index >= 15 is 0 Å². The second kappa shape index (κ2) is 5.53. The maximum atomic E-state index is 12.8. The van der Waals surface area contributed by atoms with Crippen LogP contribution in [0, 0.1) is 17.2 Å². The van der Waals surface area contributed by atoms with Crippen LogP contribution in [0.2, 0.25) is 0 Å². The van der Waals surface area contributed by atoms with Crippen molar-refractivity contribution in [3.05, 3.63) is 29.3 Å². The highest BCUT2D eigenvalue weighted by Gasteiger charge is 2.34. The van der Waals surface area contributed by atoms with Crippen LogP contribution in [0.25, 0.3) is 0 Å². The van der Waals surface area contributed by atoms with Crippen molar-refractivity contribution in [2.75, 3.05) is 5.32 Å². The molecular weight excluding hydrogens is 269 g/mol. The van der Waals surface area contributed by atoms with Crippen molar-refractivity contribution in [2.24, 2.45) is 5.92 Å². The Bertz CT molecular complexity index is 555. The molecule has 0 spiro atoms. The van der Waals surface area contributed by atoms with E-state index in [1.807, 2.05) is 0 Å². The lowest BCUT2D eigenvalue weighted by atomic mass is 10.1. The van der Waals surface area contributed by atoms with E-state index in [1.54, 1.807) is 0 Å². The lowest BCUT2D eigenvalue weighted by molar-refractivity contribution is -0.137. The molecule has 3 nitrogen and oxygen atoms in total. The van der Waals surface area contributed by atoms with Gasteiger partial charge in [-0.15, -0.1) is 0 Å². The predicted molar refractivity (Wildman–Crippen MR) is 66.7 cm³/mol. The molecule has 0 aromatic heterocycles. The number of nitrogens with zero attached hydrogens (tertiary/aromatic N) is 1. The van der Waals surface area contributed by atoms with Gasteiger partial charge >= 0.3 is 6.18 Å². The lowest BCUT2D eigenvalue weighted by Gasteiger charge is -2.13. The zero-order chi connectivity index (χ0) is 14.8. The van der Waals surface area contributed by atoms with E-state index in [0.717, 1.165) is 37.8 Å². The van der Waals surface area contributed by atoms with Crippen molar-refractivity contribution in [1.82, 2.24) is 0 Å². The molecule has 1 aromatic carbocycles. The second-order valence-corrected chi connectivity index (χ2v) is 4.84. The fraction of sp³-hybridized carbons (Fsp3) is 0.429. The summed E-state index contributed by atoms with van der Waals surface area (Å²) in [6.07, 6.45) is -1.12. The number of carbonyl (C=O) groups excluding carboxylic acids is 1. The summed E-state index contributed by atoms with van der Waals surface area (Å²) in [5, 5.41) is 11.2. The highest BCUT2D eigenvalue weighted by molar-refractivity contribution is 5.92. The van der Waals surface area contributed by atoms with Gasteiger partial charge in [0, 0.05) is 11.6 Å². The number of halogens is 3. The summed E-state index contributed by atoms with van der Waals surface area (Å²) in [4.78, 5) is 11.9. The van der Waals surface area contributed by atoms with E-state index in [0.29, 0.717) is 0 Å². The van der Waals surface area contributed by atoms with E-state index in [1.165, 1.54) is 12.1 Å². The number of amides is 1. The van der Waals surface area contributed by atoms with E-state index in [-0.39, 0.29) is 17.5 Å². The Balaban J connectivity index is 2.21. The summed E-state index contributed by atoms with van der Waals surface area (Å²) in [5.74, 6) is -0.375. The van der Waals surface area contributed by atoms with Gasteiger partial charge in [0.1, 0.15) is 0 Å². The summed E-state index contributed by atoms with van der Waals surface area (Å²) >= 11 is 0. The first-order valence-electron chi connectivity index (χ1n) is 6.34. The SMILES string of the molecule is N#Cc1ccc(NC(=O)C2CCCC2)cc1C(F)(F)F. The zero-order valence-electron chi connectivity index (χ0n) is 10.6. The van der Waals surface area contributed by atoms with Crippen molar-refractivity contribution < 1.29 is 18.0 Å². The standard InChI is InChI=1S/C14H13F3N2O/c15-14(16,17)12-7-11(6-5-10(12)8-18)19-13(20)9-3-1-2-4-9/h5-7,9H,1-4H2,(H,19,20). The number of rotatable bonds is 2. The molecule has 0 atom stereocenters. The molecule has 106 valence electrons. The van der Waals surface area contributed by atoms with Gasteiger partial charge < -0.3 is 5.32 Å². The predicted octanol–water partition coefficient (Wildman–Crippen LogP) is 3.71. The Morgan fingerprint density at radius 3 is 2.50 bits per heavy atom. The maximum Gasteiger partial charge on any atom is 0.417 e. The molecule has 20 heavy (non-hydrogen) atoms. The normalized spacial score (nSPS) is 15.9. The van der Waals surface area contributed by atoms with Gasteiger partial charge in [-0.05, 0) is 31.0 Å². The molecule has 1 amide bonds. The third kappa shape index (κ3) is 3.10. The van der Waals surface area contributed by atoms with Gasteiger partial charge in [-0.25, -0.2) is 0 Å². The maximum absolute atomic E-state index is 12.8. The van der Waals surface area contributed by atoms with Crippen molar-refractivity contribution in [1.29, 1.82) is 5.26 Å². The summed E-state index contributed by atoms with van der Waals surface area (Å²) in [7, 11) is 0. The number of benzene rings is 1. The van der Waals surface area contributed by atoms with Crippen LogP contribution in [0.15, 0.2) is 18.2 Å². The van der Waals surface area contributed by atoms with Gasteiger partial charge in [0.15, 0.2) is 0 Å². The number of carbonyl (C=O) groups is 1. The molecule has 1 fully saturated rings. The van der Waals surface area contributed by atoms with Crippen LogP contribution in [-0.4, -0.2) is 5.91 Å². The molecule has 1 aliphatic rings. The van der Waals surface area contributed by atoms with Crippen LogP contribution in [0.5, 0.6) is 0 Å². The van der Waals surface area contributed by atoms with Gasteiger partial charge in [0.25, 0.3) is 0 Å². The molecule has 0 saturated heterocycles. The molecule has 1 N–H and O–H groups in total. The molecule has 0 bridgehead atoms. The van der Waals surface area contributed by atoms with E-state index in [4.69, 9.17) is 5.26 Å². The monoisotopic (exact) mass is 282 g/mol. The van der Waals surface area contributed by atoms with Crippen LogP contribution in [-0.2, 0) is 11.0 Å². The number of nitriles is 1. The third-order valence-electron chi connectivity index (χ3n) is 3.44. The molecule has 0 aliphatic heterocycles. The average molecular weight is 282 g/mol. The van der Waals surface area contributed by atoms with Crippen LogP contribution in [0.3, 0.4) is 0 Å². The van der Waals surface area contributed by atoms with Gasteiger partial charge in [-0.1, -0.05) is 12.8 Å². The van der Waals surface area contributed by atoms with Crippen molar-refractivity contribution >= 4 is 11.6 Å². The molecule has 1 aliphatic carbocycles. The first kappa shape index (κ1) is 14.4. The molecule has 1 aromatic rings. The summed E-state index contributed by atoms with van der Waals surface area (Å²) in [6.45, 7) is 0. The Morgan fingerprint density at radius 2 is 1.95 bits per heavy atom. The van der Waals surface area contributed by atoms with Crippen LogP contribution in [0.4, 0.5) is 18.9 Å². The Hall–Kier alpha value is -2.03. The molecule has 0 heterocycles. The Kier molecular flexibility index (Phi) is 3.98. The topological polar surface area (TPSA) is 52.9 Å². The summed E-state index contributed by atoms with van der Waals surface area (Å²) < 4.78 is 38.4. The Labute approximate surface area is 114 Å². The highest BCUT2D eigenvalue weighted by atomic mass is 19.4. The zero-order valence-corrected chi connectivity index (χ0v) is 10.6. The van der Waals surface area contributed by atoms with Crippen LogP contribution < -0.4 is 5.32 Å². The molecular formula is C14H13F3N2O. The number of hydrogen-bond acceptors (Lipinski definition) is 2. The fourth-order valence-electron chi connectivity index (χ4n) is 2.39. The quantitative estimate of drug-likeness (QED) is 0.899. The van der Waals surface area contributed by atoms with E-state index in [9.17, 15) is 18.0 Å². The van der Waals surface area contributed by atoms with Crippen molar-refractivity contribution in [3.63, 3.8) is 0 Å². The average Bonchev–Trinajstić information content (AvgIpc) is 2.91. The fourth-order valence-corrected chi connectivity index (χ4v) is 2.39. The van der Waals surface area contributed by atoms with Crippen LogP contribution in [0.1, 0.15) is 36.8 Å². The number of anilines is 1. The third-order valence-corrected chi connectivity index (χ3v) is 3.44. The minimum Gasteiger partial charge on any atom is -0.326 e. The Morgan fingerprint density at radius 1 is 1.30 bits per heavy atom. The van der Waals surface area contributed by atoms with Gasteiger partial charge in [0.2, 0.25) is 5.91 Å². The van der Waals surface area contributed by atoms with Crippen molar-refractivity contribution in [2.45, 2.75) is 31.9 Å². The van der Waals surface area contributed by atoms with Gasteiger partial charge in [-0.3, -0.25) is 4.79 Å². The number of nitrogens with one attached hydrogen (secondary N) is 1. The lowest BCUT2D eigenvalue weighted by Crippen LogP contribution is -2.20. The van der Waals surface area contributed by atoms with Crippen LogP contribution >= 0.6 is 0 Å². The molecule has 6 heteroatoms. The second-order valence-electron chi connectivity index (χ2n) is 4.84. The molecule has 1 saturated carbocycles. The largest absolute Gasteiger partial charge is 0.417 e. The first-order chi connectivity index (χ1) is 9.41. The molecule has 0 unspecified atom stereocenters. The van der Waals surface area contributed by atoms with Gasteiger partial charge in [0.05, 0.1) is 17.2 Å². The van der Waals surface area contributed by atoms with Crippen molar-refractivity contribution in [3.8, 4) is 6.07 Å². The minimum absolute atomic E-state index is 0.0771. The van der Waals surface area contributed by atoms with E-state index in [2.05, 4.69) is 5.32 Å². The summed E-state index contributed by atoms with van der Waals surface area (Å²) in [5.41, 5.74) is -1.39. The summed E-state index contributed by atoms with van der Waals surface area (Å²) in [6, 6.07) is 4.71. The highest BCUT2D eigenvalue weighted by Crippen LogP contribution is 2.34. The van der Waals surface area contributed by atoms with Gasteiger partial charge in [-0.2, -0.15) is 18.4 Å².